The predicted molar refractivity (Wildman–Crippen MR) is 81.9 cm³/mol. The van der Waals surface area contributed by atoms with Crippen molar-refractivity contribution in [3.05, 3.63) is 54.7 Å². The van der Waals surface area contributed by atoms with E-state index in [4.69, 9.17) is 10.7 Å². The Kier molecular flexibility index (Phi) is 3.31. The second kappa shape index (κ2) is 5.02. The van der Waals surface area contributed by atoms with Crippen molar-refractivity contribution in [1.82, 2.24) is 4.98 Å². The van der Waals surface area contributed by atoms with Gasteiger partial charge in [0.15, 0.2) is 0 Å². The lowest BCUT2D eigenvalue weighted by molar-refractivity contribution is 0.477. The van der Waals surface area contributed by atoms with Crippen LogP contribution in [0.25, 0.3) is 22.0 Å². The molecule has 0 radical (unpaired) electrons. The predicted octanol–water partition coefficient (Wildman–Crippen LogP) is 3.53. The fraction of sp³-hybridized carbons (Fsp3) is 0. The van der Waals surface area contributed by atoms with Crippen molar-refractivity contribution in [2.24, 2.45) is 0 Å². The van der Waals surface area contributed by atoms with Gasteiger partial charge in [-0.2, -0.15) is 0 Å². The molecule has 1 aromatic heterocycles. The summed E-state index contributed by atoms with van der Waals surface area (Å²) >= 11 is 0. The SMILES string of the molecule is O=S(=O)(Cl)c1ccc2ncc(-c3ccccc3O)cc2c1. The minimum Gasteiger partial charge on any atom is -0.507 e. The molecule has 3 aromatic rings. The molecule has 0 aliphatic heterocycles. The quantitative estimate of drug-likeness (QED) is 0.734. The molecule has 4 nitrogen and oxygen atoms in total. The maximum Gasteiger partial charge on any atom is 0.261 e. The number of halogens is 1. The van der Waals surface area contributed by atoms with Crippen LogP contribution >= 0.6 is 10.7 Å². The first-order valence-electron chi connectivity index (χ1n) is 6.08. The first-order chi connectivity index (χ1) is 9.95. The Morgan fingerprint density at radius 2 is 1.81 bits per heavy atom. The highest BCUT2D eigenvalue weighted by atomic mass is 35.7. The van der Waals surface area contributed by atoms with Crippen LogP contribution in [0.4, 0.5) is 0 Å². The van der Waals surface area contributed by atoms with Gasteiger partial charge in [-0.3, -0.25) is 4.98 Å². The molecule has 0 unspecified atom stereocenters. The van der Waals surface area contributed by atoms with Crippen LogP contribution < -0.4 is 0 Å². The molecular formula is C15H10ClNO3S. The van der Waals surface area contributed by atoms with Gasteiger partial charge < -0.3 is 5.11 Å². The largest absolute Gasteiger partial charge is 0.507 e. The summed E-state index contributed by atoms with van der Waals surface area (Å²) in [5.74, 6) is 0.139. The summed E-state index contributed by atoms with van der Waals surface area (Å²) < 4.78 is 22.8. The number of aromatic nitrogens is 1. The van der Waals surface area contributed by atoms with Gasteiger partial charge in [0, 0.05) is 33.4 Å². The van der Waals surface area contributed by atoms with Crippen LogP contribution in [0.5, 0.6) is 5.75 Å². The van der Waals surface area contributed by atoms with Crippen molar-refractivity contribution < 1.29 is 13.5 Å². The van der Waals surface area contributed by atoms with E-state index in [1.165, 1.54) is 12.1 Å². The molecule has 0 bridgehead atoms. The van der Waals surface area contributed by atoms with E-state index in [1.54, 1.807) is 42.6 Å². The zero-order chi connectivity index (χ0) is 15.0. The van der Waals surface area contributed by atoms with Crippen LogP contribution in [0, 0.1) is 0 Å². The van der Waals surface area contributed by atoms with Crippen molar-refractivity contribution in [2.45, 2.75) is 4.90 Å². The summed E-state index contributed by atoms with van der Waals surface area (Å²) in [5.41, 5.74) is 1.98. The molecule has 0 aliphatic carbocycles. The van der Waals surface area contributed by atoms with Gasteiger partial charge in [0.2, 0.25) is 0 Å². The van der Waals surface area contributed by atoms with Gasteiger partial charge in [0.25, 0.3) is 9.05 Å². The maximum atomic E-state index is 11.4. The van der Waals surface area contributed by atoms with E-state index in [1.807, 2.05) is 0 Å². The van der Waals surface area contributed by atoms with Crippen LogP contribution in [-0.4, -0.2) is 18.5 Å². The fourth-order valence-corrected chi connectivity index (χ4v) is 2.91. The van der Waals surface area contributed by atoms with Crippen LogP contribution in [0.1, 0.15) is 0 Å². The number of aromatic hydroxyl groups is 1. The van der Waals surface area contributed by atoms with Crippen molar-refractivity contribution in [3.63, 3.8) is 0 Å². The number of phenolic OH excluding ortho intramolecular Hbond substituents is 1. The number of fused-ring (bicyclic) bond motifs is 1. The molecule has 3 rings (SSSR count). The fourth-order valence-electron chi connectivity index (χ4n) is 2.13. The van der Waals surface area contributed by atoms with Gasteiger partial charge in [-0.15, -0.1) is 0 Å². The van der Waals surface area contributed by atoms with Gasteiger partial charge in [-0.25, -0.2) is 8.42 Å². The third-order valence-electron chi connectivity index (χ3n) is 3.15. The lowest BCUT2D eigenvalue weighted by atomic mass is 10.0. The number of nitrogens with zero attached hydrogens (tertiary/aromatic N) is 1. The molecule has 0 amide bonds. The van der Waals surface area contributed by atoms with E-state index in [0.717, 1.165) is 0 Å². The number of hydrogen-bond acceptors (Lipinski definition) is 4. The molecule has 0 aliphatic rings. The molecule has 0 saturated heterocycles. The first kappa shape index (κ1) is 13.9. The molecular weight excluding hydrogens is 310 g/mol. The van der Waals surface area contributed by atoms with Gasteiger partial charge in [0.1, 0.15) is 5.75 Å². The van der Waals surface area contributed by atoms with E-state index in [-0.39, 0.29) is 10.6 Å². The minimum atomic E-state index is -3.78. The number of benzene rings is 2. The highest BCUT2D eigenvalue weighted by Crippen LogP contribution is 2.30. The number of phenols is 1. The van der Waals surface area contributed by atoms with E-state index in [0.29, 0.717) is 22.0 Å². The second-order valence-corrected chi connectivity index (χ2v) is 7.10. The van der Waals surface area contributed by atoms with Crippen molar-refractivity contribution in [2.75, 3.05) is 0 Å². The standard InChI is InChI=1S/C15H10ClNO3S/c16-21(19,20)12-5-6-14-10(8-12)7-11(9-17-14)13-3-1-2-4-15(13)18/h1-9,18H. The molecule has 106 valence electrons. The Balaban J connectivity index is 2.22. The lowest BCUT2D eigenvalue weighted by Crippen LogP contribution is -1.91. The van der Waals surface area contributed by atoms with Crippen LogP contribution in [0.3, 0.4) is 0 Å². The molecule has 1 N–H and O–H groups in total. The molecule has 2 aromatic carbocycles. The van der Waals surface area contributed by atoms with Crippen LogP contribution in [0.2, 0.25) is 0 Å². The third kappa shape index (κ3) is 2.70. The highest BCUT2D eigenvalue weighted by Gasteiger charge is 2.11. The third-order valence-corrected chi connectivity index (χ3v) is 4.50. The number of hydrogen-bond donors (Lipinski definition) is 1. The molecule has 0 saturated carbocycles. The average molecular weight is 320 g/mol. The molecule has 1 heterocycles. The number of pyridine rings is 1. The van der Waals surface area contributed by atoms with Crippen molar-refractivity contribution in [3.8, 4) is 16.9 Å². The maximum absolute atomic E-state index is 11.4. The smallest absolute Gasteiger partial charge is 0.261 e. The molecule has 0 fully saturated rings. The van der Waals surface area contributed by atoms with Gasteiger partial charge >= 0.3 is 0 Å². The normalized spacial score (nSPS) is 11.7. The van der Waals surface area contributed by atoms with Crippen LogP contribution in [-0.2, 0) is 9.05 Å². The van der Waals surface area contributed by atoms with E-state index >= 15 is 0 Å². The topological polar surface area (TPSA) is 67.3 Å². The monoisotopic (exact) mass is 319 g/mol. The van der Waals surface area contributed by atoms with Gasteiger partial charge in [-0.1, -0.05) is 18.2 Å². The highest BCUT2D eigenvalue weighted by molar-refractivity contribution is 8.13. The summed E-state index contributed by atoms with van der Waals surface area (Å²) in [5, 5.41) is 10.5. The lowest BCUT2D eigenvalue weighted by Gasteiger charge is -2.06. The van der Waals surface area contributed by atoms with Gasteiger partial charge in [0.05, 0.1) is 10.4 Å². The van der Waals surface area contributed by atoms with Crippen molar-refractivity contribution >= 4 is 30.6 Å². The zero-order valence-electron chi connectivity index (χ0n) is 10.7. The molecule has 6 heteroatoms. The first-order valence-corrected chi connectivity index (χ1v) is 8.39. The number of para-hydroxylation sites is 1. The minimum absolute atomic E-state index is 0.0212. The molecule has 0 atom stereocenters. The van der Waals surface area contributed by atoms with E-state index in [2.05, 4.69) is 4.98 Å². The van der Waals surface area contributed by atoms with Crippen LogP contribution in [0.15, 0.2) is 59.6 Å². The van der Waals surface area contributed by atoms with E-state index in [9.17, 15) is 13.5 Å². The Morgan fingerprint density at radius 1 is 1.05 bits per heavy atom. The molecule has 21 heavy (non-hydrogen) atoms. The summed E-state index contributed by atoms with van der Waals surface area (Å²) in [7, 11) is 1.57. The summed E-state index contributed by atoms with van der Waals surface area (Å²) in [6.07, 6.45) is 1.63. The van der Waals surface area contributed by atoms with Crippen molar-refractivity contribution in [1.29, 1.82) is 0 Å². The summed E-state index contributed by atoms with van der Waals surface area (Å²) in [4.78, 5) is 4.29. The second-order valence-electron chi connectivity index (χ2n) is 4.53. The summed E-state index contributed by atoms with van der Waals surface area (Å²) in [6, 6.07) is 13.1. The Labute approximate surface area is 126 Å². The number of rotatable bonds is 2. The molecule has 0 spiro atoms. The zero-order valence-corrected chi connectivity index (χ0v) is 12.3. The Hall–Kier alpha value is -2.11. The Bertz CT molecular complexity index is 939. The summed E-state index contributed by atoms with van der Waals surface area (Å²) in [6.45, 7) is 0. The average Bonchev–Trinajstić information content (AvgIpc) is 2.45. The van der Waals surface area contributed by atoms with E-state index < -0.39 is 9.05 Å². The van der Waals surface area contributed by atoms with Gasteiger partial charge in [-0.05, 0) is 30.3 Å². The Morgan fingerprint density at radius 3 is 2.52 bits per heavy atom.